The van der Waals surface area contributed by atoms with Crippen molar-refractivity contribution >= 4 is 53.8 Å². The molecule has 6 rings (SSSR count). The van der Waals surface area contributed by atoms with Gasteiger partial charge in [-0.1, -0.05) is 86.5 Å². The Kier molecular flexibility index (Phi) is 3.66. The van der Waals surface area contributed by atoms with Crippen molar-refractivity contribution in [2.24, 2.45) is 0 Å². The predicted octanol–water partition coefficient (Wildman–Crippen LogP) is 8.45. The molecule has 0 amide bonds. The minimum Gasteiger partial charge on any atom is -0.455 e. The van der Waals surface area contributed by atoms with Gasteiger partial charge in [0, 0.05) is 30.7 Å². The van der Waals surface area contributed by atoms with Gasteiger partial charge in [0.2, 0.25) is 0 Å². The van der Waals surface area contributed by atoms with Crippen LogP contribution in [0.1, 0.15) is 23.6 Å². The molecule has 1 heterocycles. The molecule has 0 fully saturated rings. The fourth-order valence-electron chi connectivity index (χ4n) is 4.89. The van der Waals surface area contributed by atoms with Crippen LogP contribution in [-0.2, 0) is 5.41 Å². The Hall–Kier alpha value is -2.36. The fraction of sp³-hybridized carbons (Fsp3) is 0.0769. The van der Waals surface area contributed by atoms with E-state index in [9.17, 15) is 0 Å². The average molecular weight is 504 g/mol. The molecular formula is C26H16Br2O. The maximum atomic E-state index is 6.45. The second-order valence-corrected chi connectivity index (χ2v) is 9.53. The van der Waals surface area contributed by atoms with Gasteiger partial charge in [-0.25, -0.2) is 0 Å². The summed E-state index contributed by atoms with van der Waals surface area (Å²) < 4.78 is 8.61. The van der Waals surface area contributed by atoms with Crippen molar-refractivity contribution in [1.29, 1.82) is 0 Å². The van der Waals surface area contributed by atoms with E-state index in [0.717, 1.165) is 30.9 Å². The fourth-order valence-corrected chi connectivity index (χ4v) is 5.87. The monoisotopic (exact) mass is 502 g/mol. The Morgan fingerprint density at radius 1 is 0.793 bits per heavy atom. The minimum absolute atomic E-state index is 0.259. The first kappa shape index (κ1) is 17.5. The molecule has 1 aromatic heterocycles. The summed E-state index contributed by atoms with van der Waals surface area (Å²) in [4.78, 5) is 0. The van der Waals surface area contributed by atoms with Gasteiger partial charge < -0.3 is 4.42 Å². The zero-order valence-corrected chi connectivity index (χ0v) is 18.8. The van der Waals surface area contributed by atoms with Crippen molar-refractivity contribution in [2.75, 3.05) is 0 Å². The summed E-state index contributed by atoms with van der Waals surface area (Å²) in [6, 6.07) is 27.9. The highest BCUT2D eigenvalue weighted by Crippen LogP contribution is 2.57. The van der Waals surface area contributed by atoms with E-state index in [4.69, 9.17) is 4.42 Å². The lowest BCUT2D eigenvalue weighted by molar-refractivity contribution is 0.667. The van der Waals surface area contributed by atoms with Crippen LogP contribution in [0, 0.1) is 0 Å². The molecule has 0 saturated heterocycles. The highest BCUT2D eigenvalue weighted by Gasteiger charge is 2.43. The number of fused-ring (bicyclic) bond motifs is 7. The highest BCUT2D eigenvalue weighted by molar-refractivity contribution is 9.11. The Labute approximate surface area is 185 Å². The molecule has 0 bridgehead atoms. The molecular weight excluding hydrogens is 488 g/mol. The quantitative estimate of drug-likeness (QED) is 0.223. The Balaban J connectivity index is 1.83. The van der Waals surface area contributed by atoms with E-state index >= 15 is 0 Å². The predicted molar refractivity (Wildman–Crippen MR) is 127 cm³/mol. The first-order chi connectivity index (χ1) is 14.1. The van der Waals surface area contributed by atoms with Gasteiger partial charge in [0.1, 0.15) is 11.2 Å². The number of benzene rings is 4. The molecule has 1 atom stereocenters. The molecule has 0 aliphatic heterocycles. The molecule has 140 valence electrons. The number of para-hydroxylation sites is 1. The van der Waals surface area contributed by atoms with Crippen molar-refractivity contribution in [3.63, 3.8) is 0 Å². The summed E-state index contributed by atoms with van der Waals surface area (Å²) in [7, 11) is 0. The first-order valence-corrected chi connectivity index (χ1v) is 11.2. The lowest BCUT2D eigenvalue weighted by atomic mass is 9.74. The average Bonchev–Trinajstić information content (AvgIpc) is 3.24. The van der Waals surface area contributed by atoms with Gasteiger partial charge in [-0.3, -0.25) is 0 Å². The second kappa shape index (κ2) is 6.07. The van der Waals surface area contributed by atoms with Crippen LogP contribution in [0.3, 0.4) is 0 Å². The summed E-state index contributed by atoms with van der Waals surface area (Å²) in [5.74, 6) is 0. The Morgan fingerprint density at radius 3 is 2.38 bits per heavy atom. The largest absolute Gasteiger partial charge is 0.455 e. The third kappa shape index (κ3) is 2.26. The molecule has 3 heteroatoms. The van der Waals surface area contributed by atoms with Gasteiger partial charge in [0.25, 0.3) is 0 Å². The molecule has 29 heavy (non-hydrogen) atoms. The van der Waals surface area contributed by atoms with Crippen LogP contribution in [0.25, 0.3) is 33.1 Å². The van der Waals surface area contributed by atoms with E-state index in [1.165, 1.54) is 27.8 Å². The summed E-state index contributed by atoms with van der Waals surface area (Å²) in [6.45, 7) is 2.32. The minimum atomic E-state index is -0.259. The second-order valence-electron chi connectivity index (χ2n) is 7.76. The van der Waals surface area contributed by atoms with Crippen molar-refractivity contribution in [2.45, 2.75) is 12.3 Å². The lowest BCUT2D eigenvalue weighted by Crippen LogP contribution is -2.22. The normalized spacial score (nSPS) is 17.6. The molecule has 1 aliphatic rings. The SMILES string of the molecule is CC1(c2ccccc2)c2cc(Br)ccc2-c2c1cc(Br)c1c2oc2ccccc21. The molecule has 4 aromatic carbocycles. The number of rotatable bonds is 1. The maximum absolute atomic E-state index is 6.45. The first-order valence-electron chi connectivity index (χ1n) is 9.59. The molecule has 0 N–H and O–H groups in total. The van der Waals surface area contributed by atoms with Gasteiger partial charge in [0.05, 0.1) is 0 Å². The van der Waals surface area contributed by atoms with Crippen LogP contribution in [0.2, 0.25) is 0 Å². The van der Waals surface area contributed by atoms with Gasteiger partial charge in [-0.2, -0.15) is 0 Å². The summed E-state index contributed by atoms with van der Waals surface area (Å²) in [5.41, 5.74) is 7.91. The maximum Gasteiger partial charge on any atom is 0.144 e. The summed E-state index contributed by atoms with van der Waals surface area (Å²) in [6.07, 6.45) is 0. The molecule has 1 unspecified atom stereocenters. The van der Waals surface area contributed by atoms with Crippen LogP contribution in [0.5, 0.6) is 0 Å². The smallest absolute Gasteiger partial charge is 0.144 e. The van der Waals surface area contributed by atoms with Gasteiger partial charge in [0.15, 0.2) is 0 Å². The van der Waals surface area contributed by atoms with E-state index in [0.29, 0.717) is 0 Å². The van der Waals surface area contributed by atoms with Gasteiger partial charge >= 0.3 is 0 Å². The topological polar surface area (TPSA) is 13.1 Å². The third-order valence-corrected chi connectivity index (χ3v) is 7.40. The highest BCUT2D eigenvalue weighted by atomic mass is 79.9. The van der Waals surface area contributed by atoms with Crippen molar-refractivity contribution in [3.05, 3.63) is 104 Å². The number of hydrogen-bond donors (Lipinski definition) is 0. The van der Waals surface area contributed by atoms with E-state index < -0.39 is 0 Å². The van der Waals surface area contributed by atoms with Crippen LogP contribution in [0.4, 0.5) is 0 Å². The molecule has 0 spiro atoms. The number of hydrogen-bond acceptors (Lipinski definition) is 1. The van der Waals surface area contributed by atoms with E-state index in [2.05, 4.69) is 106 Å². The molecule has 0 saturated carbocycles. The van der Waals surface area contributed by atoms with Crippen LogP contribution in [0.15, 0.2) is 92.2 Å². The standard InChI is InChI=1S/C26H16Br2O/c1-26(15-7-3-2-4-8-15)19-13-16(27)11-12-17(19)23-20(26)14-21(28)24-18-9-5-6-10-22(18)29-25(23)24/h2-14H,1H3. The third-order valence-electron chi connectivity index (χ3n) is 6.28. The van der Waals surface area contributed by atoms with E-state index in [-0.39, 0.29) is 5.41 Å². The molecule has 5 aromatic rings. The van der Waals surface area contributed by atoms with Crippen LogP contribution < -0.4 is 0 Å². The zero-order valence-electron chi connectivity index (χ0n) is 15.7. The Bertz CT molecular complexity index is 1430. The summed E-state index contributed by atoms with van der Waals surface area (Å²) in [5, 5.41) is 2.29. The lowest BCUT2D eigenvalue weighted by Gasteiger charge is -2.28. The summed E-state index contributed by atoms with van der Waals surface area (Å²) >= 11 is 7.56. The van der Waals surface area contributed by atoms with Gasteiger partial charge in [-0.05, 0) is 53.4 Å². The van der Waals surface area contributed by atoms with Crippen LogP contribution in [-0.4, -0.2) is 0 Å². The molecule has 1 nitrogen and oxygen atoms in total. The Morgan fingerprint density at radius 2 is 1.55 bits per heavy atom. The van der Waals surface area contributed by atoms with Gasteiger partial charge in [-0.15, -0.1) is 0 Å². The molecule has 0 radical (unpaired) electrons. The van der Waals surface area contributed by atoms with Crippen molar-refractivity contribution in [1.82, 2.24) is 0 Å². The van der Waals surface area contributed by atoms with Crippen LogP contribution >= 0.6 is 31.9 Å². The molecule has 1 aliphatic carbocycles. The van der Waals surface area contributed by atoms with Crippen molar-refractivity contribution in [3.8, 4) is 11.1 Å². The van der Waals surface area contributed by atoms with E-state index in [1.54, 1.807) is 0 Å². The number of furan rings is 1. The number of halogens is 2. The zero-order chi connectivity index (χ0) is 19.8. The van der Waals surface area contributed by atoms with Crippen molar-refractivity contribution < 1.29 is 4.42 Å². The van der Waals surface area contributed by atoms with E-state index in [1.807, 2.05) is 12.1 Å².